The fourth-order valence-electron chi connectivity index (χ4n) is 0.751. The second kappa shape index (κ2) is 8.43. The van der Waals surface area contributed by atoms with Gasteiger partial charge in [0, 0.05) is 13.2 Å². The predicted molar refractivity (Wildman–Crippen MR) is 39.6 cm³/mol. The number of nitrogens with one attached hydrogen (secondary N) is 1. The van der Waals surface area contributed by atoms with Crippen molar-refractivity contribution in [3.63, 3.8) is 0 Å². The zero-order chi connectivity index (χ0) is 7.66. The number of aliphatic hydroxyl groups is 1. The highest BCUT2D eigenvalue weighted by atomic mass is 16.2. The third-order valence-electron chi connectivity index (χ3n) is 1.31. The molecule has 2 N–H and O–H groups in total. The topological polar surface area (TPSA) is 49.3 Å². The molecule has 0 aromatic heterocycles. The van der Waals surface area contributed by atoms with E-state index >= 15 is 0 Å². The molecule has 0 aliphatic carbocycles. The molecule has 0 aromatic rings. The smallest absolute Gasteiger partial charge is 0.207 e. The van der Waals surface area contributed by atoms with E-state index < -0.39 is 0 Å². The molecule has 0 unspecified atom stereocenters. The lowest BCUT2D eigenvalue weighted by Crippen LogP contribution is -2.11. The first-order valence-electron chi connectivity index (χ1n) is 3.69. The van der Waals surface area contributed by atoms with Gasteiger partial charge in [-0.15, -0.1) is 0 Å². The molecule has 0 saturated heterocycles. The highest BCUT2D eigenvalue weighted by molar-refractivity contribution is 5.45. The number of amides is 1. The summed E-state index contributed by atoms with van der Waals surface area (Å²) in [6.45, 7) is 1.04. The van der Waals surface area contributed by atoms with E-state index in [0.29, 0.717) is 6.41 Å². The Balaban J connectivity index is 2.70. The number of carbonyl (C=O) groups excluding carboxylic acids is 1. The molecule has 0 bridgehead atoms. The maximum Gasteiger partial charge on any atom is 0.207 e. The monoisotopic (exact) mass is 145 g/mol. The van der Waals surface area contributed by atoms with Crippen LogP contribution in [-0.4, -0.2) is 24.7 Å². The summed E-state index contributed by atoms with van der Waals surface area (Å²) in [5.41, 5.74) is 0. The SMILES string of the molecule is O=CNCCCCCCO. The van der Waals surface area contributed by atoms with Crippen LogP contribution in [0.15, 0.2) is 0 Å². The summed E-state index contributed by atoms with van der Waals surface area (Å²) in [5.74, 6) is 0. The molecule has 0 atom stereocenters. The largest absolute Gasteiger partial charge is 0.396 e. The minimum absolute atomic E-state index is 0.279. The molecule has 10 heavy (non-hydrogen) atoms. The summed E-state index contributed by atoms with van der Waals surface area (Å²) in [6.07, 6.45) is 4.74. The van der Waals surface area contributed by atoms with Crippen molar-refractivity contribution in [2.75, 3.05) is 13.2 Å². The molecule has 0 radical (unpaired) electrons. The Morgan fingerprint density at radius 3 is 2.50 bits per heavy atom. The number of unbranched alkanes of at least 4 members (excludes halogenated alkanes) is 3. The maximum absolute atomic E-state index is 9.74. The van der Waals surface area contributed by atoms with Gasteiger partial charge in [0.2, 0.25) is 6.41 Å². The summed E-state index contributed by atoms with van der Waals surface area (Å²) in [4.78, 5) is 9.74. The second-order valence-corrected chi connectivity index (χ2v) is 2.21. The molecule has 0 rings (SSSR count). The van der Waals surface area contributed by atoms with Crippen molar-refractivity contribution in [2.45, 2.75) is 25.7 Å². The van der Waals surface area contributed by atoms with Crippen molar-refractivity contribution in [2.24, 2.45) is 0 Å². The van der Waals surface area contributed by atoms with Crippen molar-refractivity contribution in [1.82, 2.24) is 5.32 Å². The fourth-order valence-corrected chi connectivity index (χ4v) is 0.751. The molecule has 0 aliphatic rings. The average Bonchev–Trinajstić information content (AvgIpc) is 1.97. The maximum atomic E-state index is 9.74. The van der Waals surface area contributed by atoms with E-state index in [1.54, 1.807) is 0 Å². The minimum Gasteiger partial charge on any atom is -0.396 e. The molecule has 60 valence electrons. The van der Waals surface area contributed by atoms with Crippen LogP contribution in [0, 0.1) is 0 Å². The third kappa shape index (κ3) is 7.43. The lowest BCUT2D eigenvalue weighted by molar-refractivity contribution is -0.109. The summed E-state index contributed by atoms with van der Waals surface area (Å²) in [6, 6.07) is 0. The van der Waals surface area contributed by atoms with Crippen LogP contribution in [0.1, 0.15) is 25.7 Å². The Labute approximate surface area is 61.4 Å². The van der Waals surface area contributed by atoms with Crippen LogP contribution in [0.3, 0.4) is 0 Å². The van der Waals surface area contributed by atoms with Gasteiger partial charge in [-0.2, -0.15) is 0 Å². The molecule has 0 aliphatic heterocycles. The molecule has 0 saturated carbocycles. The number of hydrogen-bond donors (Lipinski definition) is 2. The number of aliphatic hydroxyl groups excluding tert-OH is 1. The molecular weight excluding hydrogens is 130 g/mol. The Morgan fingerprint density at radius 2 is 1.90 bits per heavy atom. The van der Waals surface area contributed by atoms with Crippen LogP contribution >= 0.6 is 0 Å². The van der Waals surface area contributed by atoms with Gasteiger partial charge >= 0.3 is 0 Å². The van der Waals surface area contributed by atoms with Gasteiger partial charge in [-0.05, 0) is 12.8 Å². The number of carbonyl (C=O) groups is 1. The van der Waals surface area contributed by atoms with Gasteiger partial charge < -0.3 is 10.4 Å². The van der Waals surface area contributed by atoms with E-state index in [0.717, 1.165) is 32.2 Å². The Hall–Kier alpha value is -0.570. The predicted octanol–water partition coefficient (Wildman–Crippen LogP) is 0.285. The van der Waals surface area contributed by atoms with Crippen molar-refractivity contribution in [3.05, 3.63) is 0 Å². The normalized spacial score (nSPS) is 9.30. The average molecular weight is 145 g/mol. The lowest BCUT2D eigenvalue weighted by atomic mass is 10.2. The molecule has 0 fully saturated rings. The third-order valence-corrected chi connectivity index (χ3v) is 1.31. The van der Waals surface area contributed by atoms with Crippen molar-refractivity contribution < 1.29 is 9.90 Å². The van der Waals surface area contributed by atoms with Crippen molar-refractivity contribution in [1.29, 1.82) is 0 Å². The van der Waals surface area contributed by atoms with E-state index in [4.69, 9.17) is 5.11 Å². The summed E-state index contributed by atoms with van der Waals surface area (Å²) in [5, 5.41) is 11.0. The Bertz CT molecular complexity index is 76.0. The second-order valence-electron chi connectivity index (χ2n) is 2.21. The fraction of sp³-hybridized carbons (Fsp3) is 0.857. The molecular formula is C7H15NO2. The molecule has 1 amide bonds. The van der Waals surface area contributed by atoms with Crippen LogP contribution in [0.4, 0.5) is 0 Å². The van der Waals surface area contributed by atoms with Gasteiger partial charge in [-0.1, -0.05) is 12.8 Å². The Morgan fingerprint density at radius 1 is 1.20 bits per heavy atom. The molecule has 0 aromatic carbocycles. The van der Waals surface area contributed by atoms with Gasteiger partial charge in [0.25, 0.3) is 0 Å². The zero-order valence-corrected chi connectivity index (χ0v) is 6.18. The minimum atomic E-state index is 0.279. The van der Waals surface area contributed by atoms with Crippen LogP contribution < -0.4 is 5.32 Å². The number of rotatable bonds is 7. The van der Waals surface area contributed by atoms with Crippen molar-refractivity contribution in [3.8, 4) is 0 Å². The van der Waals surface area contributed by atoms with Gasteiger partial charge in [0.05, 0.1) is 0 Å². The summed E-state index contributed by atoms with van der Waals surface area (Å²) >= 11 is 0. The van der Waals surface area contributed by atoms with Gasteiger partial charge in [0.1, 0.15) is 0 Å². The van der Waals surface area contributed by atoms with Crippen LogP contribution in [-0.2, 0) is 4.79 Å². The van der Waals surface area contributed by atoms with E-state index in [2.05, 4.69) is 5.32 Å². The highest BCUT2D eigenvalue weighted by Crippen LogP contribution is 1.96. The first kappa shape index (κ1) is 9.43. The first-order chi connectivity index (χ1) is 4.91. The highest BCUT2D eigenvalue weighted by Gasteiger charge is 1.86. The van der Waals surface area contributed by atoms with Gasteiger partial charge in [0.15, 0.2) is 0 Å². The van der Waals surface area contributed by atoms with Gasteiger partial charge in [-0.3, -0.25) is 4.79 Å². The molecule has 3 heteroatoms. The first-order valence-corrected chi connectivity index (χ1v) is 3.69. The quantitative estimate of drug-likeness (QED) is 0.399. The van der Waals surface area contributed by atoms with Crippen LogP contribution in [0.5, 0.6) is 0 Å². The number of hydrogen-bond acceptors (Lipinski definition) is 2. The zero-order valence-electron chi connectivity index (χ0n) is 6.18. The molecule has 0 spiro atoms. The van der Waals surface area contributed by atoms with Crippen LogP contribution in [0.25, 0.3) is 0 Å². The van der Waals surface area contributed by atoms with Gasteiger partial charge in [-0.25, -0.2) is 0 Å². The van der Waals surface area contributed by atoms with Crippen LogP contribution in [0.2, 0.25) is 0 Å². The van der Waals surface area contributed by atoms with E-state index in [9.17, 15) is 4.79 Å². The van der Waals surface area contributed by atoms with E-state index in [1.165, 1.54) is 0 Å². The summed E-state index contributed by atoms with van der Waals surface area (Å²) in [7, 11) is 0. The standard InChI is InChI=1S/C7H15NO2/c9-6-4-2-1-3-5-8-7-10/h7,9H,1-6H2,(H,8,10). The van der Waals surface area contributed by atoms with E-state index in [1.807, 2.05) is 0 Å². The lowest BCUT2D eigenvalue weighted by Gasteiger charge is -1.97. The molecule has 3 nitrogen and oxygen atoms in total. The Kier molecular flexibility index (Phi) is 7.95. The van der Waals surface area contributed by atoms with Crippen molar-refractivity contribution >= 4 is 6.41 Å². The van der Waals surface area contributed by atoms with E-state index in [-0.39, 0.29) is 6.61 Å². The summed E-state index contributed by atoms with van der Waals surface area (Å²) < 4.78 is 0. The molecule has 0 heterocycles.